The van der Waals surface area contributed by atoms with Gasteiger partial charge in [-0.25, -0.2) is 5.48 Å². The lowest BCUT2D eigenvalue weighted by Gasteiger charge is -2.32. The quantitative estimate of drug-likeness (QED) is 0.314. The third kappa shape index (κ3) is 8.67. The second-order valence-corrected chi connectivity index (χ2v) is 8.84. The SMILES string of the molecule is CC(C)CN(NC(=O)[C@H](C(C)C)C(CCCc1ccccc1)C(=O)NO)C(=O)[C@@H](C)N. The third-order valence-corrected chi connectivity index (χ3v) is 5.17. The van der Waals surface area contributed by atoms with Gasteiger partial charge >= 0.3 is 0 Å². The molecule has 8 nitrogen and oxygen atoms in total. The van der Waals surface area contributed by atoms with Crippen LogP contribution in [0.5, 0.6) is 0 Å². The number of carbonyl (C=O) groups is 3. The van der Waals surface area contributed by atoms with E-state index in [4.69, 9.17) is 5.73 Å². The number of hydroxylamine groups is 1. The van der Waals surface area contributed by atoms with Gasteiger partial charge in [-0.2, -0.15) is 0 Å². The zero-order chi connectivity index (χ0) is 23.6. The lowest BCUT2D eigenvalue weighted by atomic mass is 9.79. The van der Waals surface area contributed by atoms with Crippen molar-refractivity contribution in [3.8, 4) is 0 Å². The summed E-state index contributed by atoms with van der Waals surface area (Å²) in [6.45, 7) is 9.42. The summed E-state index contributed by atoms with van der Waals surface area (Å²) in [5, 5.41) is 10.5. The number of carbonyl (C=O) groups excluding carboxylic acids is 3. The molecule has 3 atom stereocenters. The maximum atomic E-state index is 13.2. The summed E-state index contributed by atoms with van der Waals surface area (Å²) in [4.78, 5) is 38.1. The van der Waals surface area contributed by atoms with E-state index in [2.05, 4.69) is 5.43 Å². The van der Waals surface area contributed by atoms with Gasteiger partial charge in [0.25, 0.3) is 5.91 Å². The molecule has 174 valence electrons. The number of nitrogens with zero attached hydrogens (tertiary/aromatic N) is 1. The monoisotopic (exact) mass is 434 g/mol. The summed E-state index contributed by atoms with van der Waals surface area (Å²) in [6.07, 6.45) is 1.85. The van der Waals surface area contributed by atoms with Crippen molar-refractivity contribution < 1.29 is 19.6 Å². The Kier molecular flexibility index (Phi) is 11.2. The molecule has 0 aliphatic heterocycles. The second-order valence-electron chi connectivity index (χ2n) is 8.84. The largest absolute Gasteiger partial charge is 0.320 e. The molecular formula is C23H38N4O4. The van der Waals surface area contributed by atoms with Gasteiger partial charge in [0.05, 0.1) is 17.9 Å². The van der Waals surface area contributed by atoms with Crippen LogP contribution in [0.15, 0.2) is 30.3 Å². The number of aryl methyl sites for hydroxylation is 1. The predicted octanol–water partition coefficient (Wildman–Crippen LogP) is 2.27. The summed E-state index contributed by atoms with van der Waals surface area (Å²) in [7, 11) is 0. The Morgan fingerprint density at radius 1 is 1.03 bits per heavy atom. The molecule has 0 saturated carbocycles. The Morgan fingerprint density at radius 3 is 2.13 bits per heavy atom. The van der Waals surface area contributed by atoms with Crippen LogP contribution in [-0.2, 0) is 20.8 Å². The molecule has 1 aromatic rings. The molecule has 1 aromatic carbocycles. The number of hydrazine groups is 1. The fourth-order valence-electron chi connectivity index (χ4n) is 3.69. The molecule has 0 spiro atoms. The standard InChI is InChI=1S/C23H38N4O4/c1-15(2)14-27(23(30)17(5)24)25-22(29)20(16(3)4)19(21(28)26-31)13-9-12-18-10-7-6-8-11-18/h6-8,10-11,15-17,19-20,31H,9,12-14,24H2,1-5H3,(H,25,29)(H,26,28)/t17-,19?,20-/m1/s1. The molecule has 0 aliphatic carbocycles. The van der Waals surface area contributed by atoms with E-state index in [9.17, 15) is 19.6 Å². The Morgan fingerprint density at radius 2 is 1.65 bits per heavy atom. The topological polar surface area (TPSA) is 125 Å². The molecule has 0 bridgehead atoms. The van der Waals surface area contributed by atoms with E-state index < -0.39 is 35.6 Å². The first-order valence-electron chi connectivity index (χ1n) is 10.9. The van der Waals surface area contributed by atoms with Crippen molar-refractivity contribution in [2.24, 2.45) is 29.4 Å². The first-order valence-corrected chi connectivity index (χ1v) is 10.9. The van der Waals surface area contributed by atoms with Crippen LogP contribution in [0.1, 0.15) is 53.0 Å². The molecule has 5 N–H and O–H groups in total. The van der Waals surface area contributed by atoms with Gasteiger partial charge in [0.2, 0.25) is 11.8 Å². The Balaban J connectivity index is 3.00. The number of hydrogen-bond acceptors (Lipinski definition) is 5. The summed E-state index contributed by atoms with van der Waals surface area (Å²) in [5.41, 5.74) is 11.3. The lowest BCUT2D eigenvalue weighted by Crippen LogP contribution is -2.56. The van der Waals surface area contributed by atoms with Crippen LogP contribution in [0.3, 0.4) is 0 Å². The molecule has 1 rings (SSSR count). The average molecular weight is 435 g/mol. The number of nitrogens with one attached hydrogen (secondary N) is 2. The average Bonchev–Trinajstić information content (AvgIpc) is 2.71. The minimum absolute atomic E-state index is 0.114. The number of hydrogen-bond donors (Lipinski definition) is 4. The highest BCUT2D eigenvalue weighted by Crippen LogP contribution is 2.27. The highest BCUT2D eigenvalue weighted by atomic mass is 16.5. The van der Waals surface area contributed by atoms with Crippen LogP contribution in [0.2, 0.25) is 0 Å². The maximum Gasteiger partial charge on any atom is 0.257 e. The first-order chi connectivity index (χ1) is 14.6. The summed E-state index contributed by atoms with van der Waals surface area (Å²) < 4.78 is 0. The number of amides is 3. The molecule has 0 aromatic heterocycles. The van der Waals surface area contributed by atoms with E-state index in [-0.39, 0.29) is 11.8 Å². The maximum absolute atomic E-state index is 13.2. The molecule has 0 fully saturated rings. The lowest BCUT2D eigenvalue weighted by molar-refractivity contribution is -0.149. The number of nitrogens with two attached hydrogens (primary N) is 1. The second kappa shape index (κ2) is 13.1. The van der Waals surface area contributed by atoms with Crippen molar-refractivity contribution in [2.45, 2.75) is 59.9 Å². The zero-order valence-electron chi connectivity index (χ0n) is 19.3. The molecule has 0 aliphatic rings. The summed E-state index contributed by atoms with van der Waals surface area (Å²) >= 11 is 0. The Labute approximate surface area is 185 Å². The molecule has 8 heteroatoms. The van der Waals surface area contributed by atoms with Crippen LogP contribution >= 0.6 is 0 Å². The first kappa shape index (κ1) is 26.6. The molecule has 0 heterocycles. The van der Waals surface area contributed by atoms with E-state index in [0.717, 1.165) is 12.0 Å². The van der Waals surface area contributed by atoms with Gasteiger partial charge in [0.15, 0.2) is 0 Å². The van der Waals surface area contributed by atoms with Crippen LogP contribution in [-0.4, -0.2) is 40.5 Å². The fraction of sp³-hybridized carbons (Fsp3) is 0.609. The number of benzene rings is 1. The van der Waals surface area contributed by atoms with Gasteiger partial charge in [-0.1, -0.05) is 58.0 Å². The van der Waals surface area contributed by atoms with E-state index >= 15 is 0 Å². The molecule has 31 heavy (non-hydrogen) atoms. The molecule has 3 amide bonds. The van der Waals surface area contributed by atoms with Crippen LogP contribution in [0.25, 0.3) is 0 Å². The van der Waals surface area contributed by atoms with Crippen LogP contribution < -0.4 is 16.6 Å². The number of rotatable bonds is 11. The highest BCUT2D eigenvalue weighted by molar-refractivity contribution is 5.89. The molecule has 1 unspecified atom stereocenters. The molecule has 0 radical (unpaired) electrons. The third-order valence-electron chi connectivity index (χ3n) is 5.17. The van der Waals surface area contributed by atoms with E-state index in [1.54, 1.807) is 12.4 Å². The van der Waals surface area contributed by atoms with E-state index in [1.165, 1.54) is 5.01 Å². The normalized spacial score (nSPS) is 14.1. The van der Waals surface area contributed by atoms with Crippen molar-refractivity contribution in [1.82, 2.24) is 15.9 Å². The molecular weight excluding hydrogens is 396 g/mol. The van der Waals surface area contributed by atoms with Gasteiger partial charge < -0.3 is 5.73 Å². The van der Waals surface area contributed by atoms with Crippen molar-refractivity contribution in [3.63, 3.8) is 0 Å². The predicted molar refractivity (Wildman–Crippen MR) is 119 cm³/mol. The Hall–Kier alpha value is -2.45. The van der Waals surface area contributed by atoms with Gasteiger partial charge in [0.1, 0.15) is 0 Å². The van der Waals surface area contributed by atoms with Crippen LogP contribution in [0.4, 0.5) is 0 Å². The van der Waals surface area contributed by atoms with E-state index in [1.807, 2.05) is 58.0 Å². The van der Waals surface area contributed by atoms with Gasteiger partial charge in [-0.15, -0.1) is 0 Å². The minimum Gasteiger partial charge on any atom is -0.320 e. The van der Waals surface area contributed by atoms with Crippen molar-refractivity contribution in [1.29, 1.82) is 0 Å². The van der Waals surface area contributed by atoms with Crippen LogP contribution in [0, 0.1) is 23.7 Å². The summed E-state index contributed by atoms with van der Waals surface area (Å²) in [6, 6.07) is 9.11. The molecule has 0 saturated heterocycles. The fourth-order valence-corrected chi connectivity index (χ4v) is 3.69. The minimum atomic E-state index is -0.765. The van der Waals surface area contributed by atoms with Gasteiger partial charge in [0, 0.05) is 6.54 Å². The van der Waals surface area contributed by atoms with Gasteiger partial charge in [-0.05, 0) is 43.6 Å². The zero-order valence-corrected chi connectivity index (χ0v) is 19.3. The van der Waals surface area contributed by atoms with Crippen molar-refractivity contribution >= 4 is 17.7 Å². The van der Waals surface area contributed by atoms with Crippen molar-refractivity contribution in [3.05, 3.63) is 35.9 Å². The Bertz CT molecular complexity index is 707. The summed E-state index contributed by atoms with van der Waals surface area (Å²) in [5.74, 6) is -2.96. The van der Waals surface area contributed by atoms with E-state index in [0.29, 0.717) is 19.4 Å². The smallest absolute Gasteiger partial charge is 0.257 e. The van der Waals surface area contributed by atoms with Gasteiger partial charge in [-0.3, -0.25) is 30.0 Å². The highest BCUT2D eigenvalue weighted by Gasteiger charge is 2.37. The van der Waals surface area contributed by atoms with Crippen molar-refractivity contribution in [2.75, 3.05) is 6.54 Å².